The van der Waals surface area contributed by atoms with Crippen molar-refractivity contribution in [3.8, 4) is 0 Å². The Kier molecular flexibility index (Phi) is 6.20. The van der Waals surface area contributed by atoms with Gasteiger partial charge in [0.15, 0.2) is 0 Å². The number of aliphatic carboxylic acids is 2. The fraction of sp³-hybridized carbons (Fsp3) is 0.500. The first-order valence-corrected chi connectivity index (χ1v) is 5.24. The van der Waals surface area contributed by atoms with E-state index in [0.717, 1.165) is 0 Å². The Balaban J connectivity index is 0.000000557. The molecule has 0 bridgehead atoms. The number of carboxylic acid groups (broad SMARTS) is 2. The molecule has 1 unspecified atom stereocenters. The van der Waals surface area contributed by atoms with Crippen LogP contribution >= 0.6 is 0 Å². The fourth-order valence-electron chi connectivity index (χ4n) is 1.13. The van der Waals surface area contributed by atoms with E-state index >= 15 is 0 Å². The minimum absolute atomic E-state index is 0.0741. The number of carbonyl (C=O) groups is 2. The number of hydrogen-bond acceptors (Lipinski definition) is 3. The Labute approximate surface area is 100 Å². The van der Waals surface area contributed by atoms with Gasteiger partial charge in [-0.2, -0.15) is 0 Å². The van der Waals surface area contributed by atoms with E-state index in [4.69, 9.17) is 14.9 Å². The first kappa shape index (κ1) is 15.4. The lowest BCUT2D eigenvalue weighted by Gasteiger charge is -2.02. The van der Waals surface area contributed by atoms with Crippen LogP contribution in [0.25, 0.3) is 0 Å². The smallest absolute Gasteiger partial charge is 0.334 e. The van der Waals surface area contributed by atoms with Crippen molar-refractivity contribution in [2.75, 3.05) is 6.61 Å². The van der Waals surface area contributed by atoms with Gasteiger partial charge in [-0.3, -0.25) is 0 Å². The molecule has 0 spiro atoms. The molecule has 1 aliphatic heterocycles. The average molecular weight is 242 g/mol. The predicted molar refractivity (Wildman–Crippen MR) is 62.8 cm³/mol. The molecule has 96 valence electrons. The Morgan fingerprint density at radius 2 is 1.71 bits per heavy atom. The molecule has 0 radical (unpaired) electrons. The predicted octanol–water partition coefficient (Wildman–Crippen LogP) is 1.84. The molecule has 0 aromatic heterocycles. The SMILES string of the molecule is C=C(C)C.CC/C(C(=O)O)=C(/C(=O)O)C1CO1. The van der Waals surface area contributed by atoms with Crippen molar-refractivity contribution in [1.82, 2.24) is 0 Å². The van der Waals surface area contributed by atoms with E-state index in [1.54, 1.807) is 6.92 Å². The molecule has 1 aliphatic rings. The molecule has 1 atom stereocenters. The summed E-state index contributed by atoms with van der Waals surface area (Å²) in [4.78, 5) is 21.3. The molecule has 1 rings (SSSR count). The monoisotopic (exact) mass is 242 g/mol. The minimum atomic E-state index is -1.21. The van der Waals surface area contributed by atoms with E-state index in [-0.39, 0.29) is 17.6 Å². The topological polar surface area (TPSA) is 87.1 Å². The third-order valence-corrected chi connectivity index (χ3v) is 1.82. The number of epoxide rings is 1. The summed E-state index contributed by atoms with van der Waals surface area (Å²) < 4.78 is 4.76. The first-order valence-electron chi connectivity index (χ1n) is 5.24. The Morgan fingerprint density at radius 3 is 1.88 bits per heavy atom. The molecule has 5 heteroatoms. The average Bonchev–Trinajstić information content (AvgIpc) is 2.94. The van der Waals surface area contributed by atoms with Crippen molar-refractivity contribution in [3.05, 3.63) is 23.3 Å². The van der Waals surface area contributed by atoms with Crippen LogP contribution in [0.2, 0.25) is 0 Å². The lowest BCUT2D eigenvalue weighted by atomic mass is 10.0. The molecule has 1 saturated heterocycles. The normalized spacial score (nSPS) is 18.4. The molecule has 0 aliphatic carbocycles. The molecule has 5 nitrogen and oxygen atoms in total. The second-order valence-electron chi connectivity index (χ2n) is 3.89. The van der Waals surface area contributed by atoms with Gasteiger partial charge in [0.05, 0.1) is 12.2 Å². The number of allylic oxidation sites excluding steroid dienone is 1. The Hall–Kier alpha value is -1.62. The molecule has 1 heterocycles. The molecule has 0 aromatic rings. The molecule has 17 heavy (non-hydrogen) atoms. The summed E-state index contributed by atoms with van der Waals surface area (Å²) in [5.41, 5.74) is 0.977. The third kappa shape index (κ3) is 5.87. The van der Waals surface area contributed by atoms with Crippen molar-refractivity contribution >= 4 is 11.9 Å². The number of rotatable bonds is 4. The maximum Gasteiger partial charge on any atom is 0.334 e. The van der Waals surface area contributed by atoms with Gasteiger partial charge in [0.2, 0.25) is 0 Å². The summed E-state index contributed by atoms with van der Waals surface area (Å²) in [6.45, 7) is 9.41. The lowest BCUT2D eigenvalue weighted by molar-refractivity contribution is -0.136. The van der Waals surface area contributed by atoms with Gasteiger partial charge in [-0.25, -0.2) is 9.59 Å². The van der Waals surface area contributed by atoms with Crippen LogP contribution in [0.3, 0.4) is 0 Å². The van der Waals surface area contributed by atoms with Gasteiger partial charge >= 0.3 is 11.9 Å². The molecule has 2 N–H and O–H groups in total. The third-order valence-electron chi connectivity index (χ3n) is 1.82. The van der Waals surface area contributed by atoms with Crippen molar-refractivity contribution in [3.63, 3.8) is 0 Å². The molecular formula is C12H18O5. The second-order valence-corrected chi connectivity index (χ2v) is 3.89. The maximum atomic E-state index is 10.7. The quantitative estimate of drug-likeness (QED) is 0.446. The van der Waals surface area contributed by atoms with Gasteiger partial charge in [-0.15, -0.1) is 6.58 Å². The van der Waals surface area contributed by atoms with E-state index in [2.05, 4.69) is 6.58 Å². The van der Waals surface area contributed by atoms with Crippen molar-refractivity contribution in [2.45, 2.75) is 33.3 Å². The highest BCUT2D eigenvalue weighted by Gasteiger charge is 2.35. The van der Waals surface area contributed by atoms with Crippen molar-refractivity contribution < 1.29 is 24.5 Å². The maximum absolute atomic E-state index is 10.7. The van der Waals surface area contributed by atoms with Gasteiger partial charge in [-0.1, -0.05) is 12.5 Å². The number of hydrogen-bond donors (Lipinski definition) is 2. The Bertz CT molecular complexity index is 346. The van der Waals surface area contributed by atoms with E-state index in [9.17, 15) is 9.59 Å². The van der Waals surface area contributed by atoms with E-state index in [1.165, 1.54) is 5.57 Å². The van der Waals surface area contributed by atoms with Crippen LogP contribution in [0.5, 0.6) is 0 Å². The summed E-state index contributed by atoms with van der Waals surface area (Å²) in [5, 5.41) is 17.4. The van der Waals surface area contributed by atoms with Crippen molar-refractivity contribution in [1.29, 1.82) is 0 Å². The summed E-state index contributed by atoms with van der Waals surface area (Å²) >= 11 is 0. The molecule has 0 aromatic carbocycles. The van der Waals surface area contributed by atoms with Crippen LogP contribution in [0.15, 0.2) is 23.3 Å². The van der Waals surface area contributed by atoms with E-state index < -0.39 is 18.0 Å². The van der Waals surface area contributed by atoms with E-state index in [1.807, 2.05) is 13.8 Å². The van der Waals surface area contributed by atoms with Gasteiger partial charge in [-0.05, 0) is 20.3 Å². The summed E-state index contributed by atoms with van der Waals surface area (Å²) in [6.07, 6.45) is -0.333. The summed E-state index contributed by atoms with van der Waals surface area (Å²) in [5.74, 6) is -2.39. The fourth-order valence-corrected chi connectivity index (χ4v) is 1.13. The van der Waals surface area contributed by atoms with Crippen LogP contribution in [-0.4, -0.2) is 34.9 Å². The minimum Gasteiger partial charge on any atom is -0.478 e. The zero-order valence-corrected chi connectivity index (χ0v) is 10.3. The van der Waals surface area contributed by atoms with Crippen LogP contribution in [0.1, 0.15) is 27.2 Å². The van der Waals surface area contributed by atoms with Gasteiger partial charge in [0.1, 0.15) is 6.10 Å². The highest BCUT2D eigenvalue weighted by atomic mass is 16.6. The van der Waals surface area contributed by atoms with Crippen LogP contribution in [0.4, 0.5) is 0 Å². The zero-order chi connectivity index (χ0) is 13.6. The summed E-state index contributed by atoms with van der Waals surface area (Å²) in [6, 6.07) is 0. The molecule has 1 fully saturated rings. The second kappa shape index (κ2) is 6.85. The largest absolute Gasteiger partial charge is 0.478 e. The molecule has 0 amide bonds. The number of ether oxygens (including phenoxy) is 1. The highest BCUT2D eigenvalue weighted by Crippen LogP contribution is 2.24. The van der Waals surface area contributed by atoms with Crippen LogP contribution in [0, 0.1) is 0 Å². The summed E-state index contributed by atoms with van der Waals surface area (Å²) in [7, 11) is 0. The van der Waals surface area contributed by atoms with E-state index in [0.29, 0.717) is 6.61 Å². The number of carboxylic acids is 2. The van der Waals surface area contributed by atoms with Gasteiger partial charge in [0.25, 0.3) is 0 Å². The van der Waals surface area contributed by atoms with Crippen LogP contribution in [-0.2, 0) is 14.3 Å². The van der Waals surface area contributed by atoms with Crippen LogP contribution < -0.4 is 0 Å². The van der Waals surface area contributed by atoms with Gasteiger partial charge in [0, 0.05) is 5.57 Å². The molecule has 0 saturated carbocycles. The van der Waals surface area contributed by atoms with Crippen molar-refractivity contribution in [2.24, 2.45) is 0 Å². The lowest BCUT2D eigenvalue weighted by Crippen LogP contribution is -2.15. The standard InChI is InChI=1S/C8H10O5.C4H8/c1-2-4(7(9)10)6(8(11)12)5-3-13-5;1-4(2)3/h5H,2-3H2,1H3,(H,9,10)(H,11,12);1H2,2-3H3/b6-4-;. The highest BCUT2D eigenvalue weighted by molar-refractivity contribution is 5.99. The zero-order valence-electron chi connectivity index (χ0n) is 10.3. The first-order chi connectivity index (χ1) is 7.81. The molecular weight excluding hydrogens is 224 g/mol. The Morgan fingerprint density at radius 1 is 1.29 bits per heavy atom. The van der Waals surface area contributed by atoms with Gasteiger partial charge < -0.3 is 14.9 Å².